The van der Waals surface area contributed by atoms with Crippen LogP contribution in [0.4, 0.5) is 5.69 Å². The molecule has 0 spiro atoms. The Kier molecular flexibility index (Phi) is 11.2. The second-order valence-corrected chi connectivity index (χ2v) is 10.9. The average molecular weight is 518 g/mol. The lowest BCUT2D eigenvalue weighted by molar-refractivity contribution is -0.140. The molecule has 2 aromatic carbocycles. The van der Waals surface area contributed by atoms with Gasteiger partial charge in [-0.3, -0.25) is 13.9 Å². The SMILES string of the molecule is CCCCNC(=O)[C@H](C)N(Cc1ccc(OC)cc1)C(=O)CCCN(c1cccc(C)c1)S(C)(=O)=O. The standard InChI is InChI=1S/C27H39N3O5S/c1-6-7-17-28-27(32)22(3)29(20-23-13-15-25(35-4)16-14-23)26(31)12-9-18-30(36(5,33)34)24-11-8-10-21(2)19-24/h8,10-11,13-16,19,22H,6-7,9,12,17-18,20H2,1-5H3,(H,28,32)/t22-/m0/s1. The van der Waals surface area contributed by atoms with Crippen LogP contribution in [0.25, 0.3) is 0 Å². The first kappa shape index (κ1) is 29.2. The van der Waals surface area contributed by atoms with Gasteiger partial charge in [0.1, 0.15) is 11.8 Å². The van der Waals surface area contributed by atoms with Crippen molar-refractivity contribution in [1.29, 1.82) is 0 Å². The van der Waals surface area contributed by atoms with E-state index in [1.54, 1.807) is 25.0 Å². The molecule has 0 aliphatic carbocycles. The van der Waals surface area contributed by atoms with Crippen molar-refractivity contribution in [3.63, 3.8) is 0 Å². The highest BCUT2D eigenvalue weighted by Gasteiger charge is 2.26. The van der Waals surface area contributed by atoms with Crippen LogP contribution in [0.15, 0.2) is 48.5 Å². The maximum Gasteiger partial charge on any atom is 0.242 e. The Hall–Kier alpha value is -3.07. The van der Waals surface area contributed by atoms with Gasteiger partial charge >= 0.3 is 0 Å². The molecule has 9 heteroatoms. The zero-order valence-electron chi connectivity index (χ0n) is 22.0. The van der Waals surface area contributed by atoms with Crippen LogP contribution in [0.5, 0.6) is 5.75 Å². The van der Waals surface area contributed by atoms with Gasteiger partial charge in [-0.05, 0) is 62.1 Å². The van der Waals surface area contributed by atoms with Crippen molar-refractivity contribution in [2.45, 2.75) is 59.0 Å². The van der Waals surface area contributed by atoms with Gasteiger partial charge in [0.2, 0.25) is 21.8 Å². The minimum Gasteiger partial charge on any atom is -0.497 e. The highest BCUT2D eigenvalue weighted by Crippen LogP contribution is 2.21. The molecular weight excluding hydrogens is 478 g/mol. The minimum absolute atomic E-state index is 0.112. The summed E-state index contributed by atoms with van der Waals surface area (Å²) in [6.45, 7) is 6.66. The summed E-state index contributed by atoms with van der Waals surface area (Å²) in [5.41, 5.74) is 2.39. The second-order valence-electron chi connectivity index (χ2n) is 8.97. The predicted molar refractivity (Wildman–Crippen MR) is 144 cm³/mol. The zero-order chi connectivity index (χ0) is 26.7. The molecule has 1 N–H and O–H groups in total. The lowest BCUT2D eigenvalue weighted by atomic mass is 10.1. The number of hydrogen-bond acceptors (Lipinski definition) is 5. The molecule has 0 radical (unpaired) electrons. The van der Waals surface area contributed by atoms with Gasteiger partial charge in [0.15, 0.2) is 0 Å². The zero-order valence-corrected chi connectivity index (χ0v) is 22.8. The monoisotopic (exact) mass is 517 g/mol. The minimum atomic E-state index is -3.52. The summed E-state index contributed by atoms with van der Waals surface area (Å²) >= 11 is 0. The maximum atomic E-state index is 13.3. The summed E-state index contributed by atoms with van der Waals surface area (Å²) in [5.74, 6) is 0.295. The summed E-state index contributed by atoms with van der Waals surface area (Å²) in [5, 5.41) is 2.90. The number of aryl methyl sites for hydroxylation is 1. The van der Waals surface area contributed by atoms with Crippen LogP contribution in [-0.4, -0.2) is 57.6 Å². The predicted octanol–water partition coefficient (Wildman–Crippen LogP) is 3.88. The molecule has 36 heavy (non-hydrogen) atoms. The van der Waals surface area contributed by atoms with Crippen molar-refractivity contribution >= 4 is 27.5 Å². The van der Waals surface area contributed by atoms with Crippen molar-refractivity contribution in [3.05, 3.63) is 59.7 Å². The van der Waals surface area contributed by atoms with Gasteiger partial charge in [-0.1, -0.05) is 37.6 Å². The first-order valence-electron chi connectivity index (χ1n) is 12.3. The number of hydrogen-bond donors (Lipinski definition) is 1. The molecule has 0 aromatic heterocycles. The molecule has 2 rings (SSSR count). The van der Waals surface area contributed by atoms with E-state index in [1.807, 2.05) is 56.3 Å². The quantitative estimate of drug-likeness (QED) is 0.384. The number of nitrogens with one attached hydrogen (secondary N) is 1. The molecule has 2 amide bonds. The van der Waals surface area contributed by atoms with E-state index in [-0.39, 0.29) is 31.3 Å². The van der Waals surface area contributed by atoms with Crippen molar-refractivity contribution in [2.75, 3.05) is 30.8 Å². The Bertz CT molecular complexity index is 1100. The highest BCUT2D eigenvalue weighted by atomic mass is 32.2. The molecule has 1 atom stereocenters. The Morgan fingerprint density at radius 3 is 2.36 bits per heavy atom. The molecule has 0 aliphatic rings. The summed E-state index contributed by atoms with van der Waals surface area (Å²) in [6.07, 6.45) is 3.42. The van der Waals surface area contributed by atoms with Crippen LogP contribution < -0.4 is 14.4 Å². The summed E-state index contributed by atoms with van der Waals surface area (Å²) in [6, 6.07) is 14.0. The Morgan fingerprint density at radius 1 is 1.08 bits per heavy atom. The summed E-state index contributed by atoms with van der Waals surface area (Å²) in [4.78, 5) is 27.7. The smallest absolute Gasteiger partial charge is 0.242 e. The molecule has 0 aliphatic heterocycles. The van der Waals surface area contributed by atoms with E-state index in [9.17, 15) is 18.0 Å². The number of ether oxygens (including phenoxy) is 1. The fourth-order valence-electron chi connectivity index (χ4n) is 3.83. The molecule has 0 heterocycles. The van der Waals surface area contributed by atoms with Crippen LogP contribution in [0.2, 0.25) is 0 Å². The van der Waals surface area contributed by atoms with E-state index in [0.717, 1.165) is 30.2 Å². The summed E-state index contributed by atoms with van der Waals surface area (Å²) < 4.78 is 31.4. The molecule has 2 aromatic rings. The average Bonchev–Trinajstić information content (AvgIpc) is 2.84. The lowest BCUT2D eigenvalue weighted by Gasteiger charge is -2.29. The van der Waals surface area contributed by atoms with E-state index in [0.29, 0.717) is 24.4 Å². The summed E-state index contributed by atoms with van der Waals surface area (Å²) in [7, 11) is -1.93. The lowest BCUT2D eigenvalue weighted by Crippen LogP contribution is -2.47. The molecule has 0 unspecified atom stereocenters. The second kappa shape index (κ2) is 13.9. The third-order valence-corrected chi connectivity index (χ3v) is 7.14. The van der Waals surface area contributed by atoms with E-state index < -0.39 is 16.1 Å². The topological polar surface area (TPSA) is 96.0 Å². The molecule has 198 valence electrons. The van der Waals surface area contributed by atoms with Crippen LogP contribution in [-0.2, 0) is 26.2 Å². The number of unbranched alkanes of at least 4 members (excludes halogenated alkanes) is 1. The Balaban J connectivity index is 2.15. The van der Waals surface area contributed by atoms with Crippen LogP contribution in [0.3, 0.4) is 0 Å². The largest absolute Gasteiger partial charge is 0.497 e. The van der Waals surface area contributed by atoms with E-state index >= 15 is 0 Å². The number of carbonyl (C=O) groups excluding carboxylic acids is 2. The first-order valence-corrected chi connectivity index (χ1v) is 14.2. The van der Waals surface area contributed by atoms with Gasteiger partial charge in [0, 0.05) is 26.1 Å². The van der Waals surface area contributed by atoms with Gasteiger partial charge in [-0.2, -0.15) is 0 Å². The molecule has 0 bridgehead atoms. The number of sulfonamides is 1. The highest BCUT2D eigenvalue weighted by molar-refractivity contribution is 7.92. The van der Waals surface area contributed by atoms with Gasteiger partial charge in [-0.15, -0.1) is 0 Å². The number of carbonyl (C=O) groups is 2. The number of nitrogens with zero attached hydrogens (tertiary/aromatic N) is 2. The fraction of sp³-hybridized carbons (Fsp3) is 0.481. The van der Waals surface area contributed by atoms with Gasteiger partial charge in [0.05, 0.1) is 19.1 Å². The van der Waals surface area contributed by atoms with Crippen LogP contribution in [0, 0.1) is 6.92 Å². The number of anilines is 1. The number of rotatable bonds is 14. The third-order valence-electron chi connectivity index (χ3n) is 5.95. The number of amides is 2. The number of benzene rings is 2. The number of methoxy groups -OCH3 is 1. The van der Waals surface area contributed by atoms with Crippen molar-refractivity contribution in [3.8, 4) is 5.75 Å². The van der Waals surface area contributed by atoms with Gasteiger partial charge in [0.25, 0.3) is 0 Å². The third kappa shape index (κ3) is 8.86. The maximum absolute atomic E-state index is 13.3. The molecule has 0 saturated heterocycles. The van der Waals surface area contributed by atoms with Crippen molar-refractivity contribution in [1.82, 2.24) is 10.2 Å². The van der Waals surface area contributed by atoms with Crippen LogP contribution in [0.1, 0.15) is 50.7 Å². The molecule has 0 fully saturated rings. The van der Waals surface area contributed by atoms with Gasteiger partial charge < -0.3 is 15.0 Å². The molecule has 8 nitrogen and oxygen atoms in total. The van der Waals surface area contributed by atoms with Gasteiger partial charge in [-0.25, -0.2) is 8.42 Å². The van der Waals surface area contributed by atoms with Crippen molar-refractivity contribution in [2.24, 2.45) is 0 Å². The Morgan fingerprint density at radius 2 is 1.78 bits per heavy atom. The molecule has 0 saturated carbocycles. The molecular formula is C27H39N3O5S. The normalized spacial score (nSPS) is 12.0. The van der Waals surface area contributed by atoms with Crippen LogP contribution >= 0.6 is 0 Å². The van der Waals surface area contributed by atoms with E-state index in [1.165, 1.54) is 4.31 Å². The Labute approximate surface area is 215 Å². The fourth-order valence-corrected chi connectivity index (χ4v) is 4.79. The van der Waals surface area contributed by atoms with E-state index in [4.69, 9.17) is 4.74 Å². The van der Waals surface area contributed by atoms with E-state index in [2.05, 4.69) is 5.32 Å². The van der Waals surface area contributed by atoms with Crippen molar-refractivity contribution < 1.29 is 22.7 Å². The first-order chi connectivity index (χ1) is 17.1.